The van der Waals surface area contributed by atoms with E-state index in [-0.39, 0.29) is 0 Å². The maximum atomic E-state index is 6.10. The van der Waals surface area contributed by atoms with Crippen molar-refractivity contribution in [3.8, 4) is 11.1 Å². The number of fused-ring (bicyclic) bond motifs is 3. The Kier molecular flexibility index (Phi) is 2.86. The van der Waals surface area contributed by atoms with E-state index < -0.39 is 0 Å². The number of aryl methyl sites for hydroxylation is 1. The van der Waals surface area contributed by atoms with Crippen LogP contribution in [0.4, 0.5) is 0 Å². The summed E-state index contributed by atoms with van der Waals surface area (Å²) in [5, 5.41) is 2.33. The fourth-order valence-electron chi connectivity index (χ4n) is 2.80. The van der Waals surface area contributed by atoms with Crippen molar-refractivity contribution >= 4 is 37.9 Å². The third kappa shape index (κ3) is 1.98. The minimum atomic E-state index is 0.934. The van der Waals surface area contributed by atoms with Crippen LogP contribution >= 0.6 is 15.9 Å². The molecule has 102 valence electrons. The van der Waals surface area contributed by atoms with Gasteiger partial charge in [-0.25, -0.2) is 0 Å². The smallest absolute Gasteiger partial charge is 0.143 e. The lowest BCUT2D eigenvalue weighted by Crippen LogP contribution is -1.82. The second-order valence-corrected chi connectivity index (χ2v) is 6.12. The van der Waals surface area contributed by atoms with Gasteiger partial charge in [0, 0.05) is 20.8 Å². The molecule has 4 rings (SSSR count). The summed E-state index contributed by atoms with van der Waals surface area (Å²) >= 11 is 3.67. The van der Waals surface area contributed by atoms with Crippen molar-refractivity contribution in [1.82, 2.24) is 0 Å². The number of hydrogen-bond donors (Lipinski definition) is 0. The van der Waals surface area contributed by atoms with E-state index in [0.717, 1.165) is 37.5 Å². The highest BCUT2D eigenvalue weighted by atomic mass is 79.9. The first-order valence-electron chi connectivity index (χ1n) is 6.91. The van der Waals surface area contributed by atoms with Crippen LogP contribution < -0.4 is 0 Å². The maximum absolute atomic E-state index is 6.10. The average molecular weight is 337 g/mol. The Morgan fingerprint density at radius 1 is 0.810 bits per heavy atom. The average Bonchev–Trinajstić information content (AvgIpc) is 2.86. The molecule has 0 aliphatic heterocycles. The van der Waals surface area contributed by atoms with E-state index in [2.05, 4.69) is 65.3 Å². The molecule has 1 heterocycles. The van der Waals surface area contributed by atoms with Gasteiger partial charge in [-0.1, -0.05) is 64.5 Å². The maximum Gasteiger partial charge on any atom is 0.143 e. The zero-order valence-electron chi connectivity index (χ0n) is 11.6. The summed E-state index contributed by atoms with van der Waals surface area (Å²) in [4.78, 5) is 0. The number of hydrogen-bond acceptors (Lipinski definition) is 1. The van der Waals surface area contributed by atoms with Gasteiger partial charge in [-0.05, 0) is 30.2 Å². The summed E-state index contributed by atoms with van der Waals surface area (Å²) in [7, 11) is 0. The molecule has 4 aromatic rings. The van der Waals surface area contributed by atoms with Crippen LogP contribution in [0.25, 0.3) is 33.1 Å². The van der Waals surface area contributed by atoms with Crippen LogP contribution in [0.5, 0.6) is 0 Å². The summed E-state index contributed by atoms with van der Waals surface area (Å²) in [6.07, 6.45) is 0. The first kappa shape index (κ1) is 12.7. The molecule has 3 aromatic carbocycles. The van der Waals surface area contributed by atoms with Gasteiger partial charge in [-0.15, -0.1) is 0 Å². The highest BCUT2D eigenvalue weighted by molar-refractivity contribution is 9.10. The Balaban J connectivity index is 2.09. The van der Waals surface area contributed by atoms with Gasteiger partial charge in [-0.3, -0.25) is 0 Å². The van der Waals surface area contributed by atoms with Crippen LogP contribution in [-0.4, -0.2) is 0 Å². The second kappa shape index (κ2) is 4.74. The first-order valence-corrected chi connectivity index (χ1v) is 7.70. The lowest BCUT2D eigenvalue weighted by molar-refractivity contribution is 0.670. The molecule has 0 atom stereocenters. The van der Waals surface area contributed by atoms with E-state index in [4.69, 9.17) is 4.42 Å². The highest BCUT2D eigenvalue weighted by Gasteiger charge is 2.13. The summed E-state index contributed by atoms with van der Waals surface area (Å²) in [6, 6.07) is 20.9. The Hall–Kier alpha value is -2.06. The Bertz CT molecular complexity index is 966. The number of furan rings is 1. The highest BCUT2D eigenvalue weighted by Crippen LogP contribution is 2.38. The standard InChI is InChI=1S/C19H13BrO/c1-12-9-10-13(17(20)11-12)15-6-4-7-16-14-5-2-3-8-18(14)21-19(15)16/h2-11H,1H3. The quantitative estimate of drug-likeness (QED) is 0.396. The molecule has 0 aliphatic carbocycles. The van der Waals surface area contributed by atoms with Crippen LogP contribution in [0.2, 0.25) is 0 Å². The van der Waals surface area contributed by atoms with Gasteiger partial charge in [0.15, 0.2) is 0 Å². The number of rotatable bonds is 1. The number of para-hydroxylation sites is 2. The minimum Gasteiger partial charge on any atom is -0.455 e. The molecular formula is C19H13BrO. The van der Waals surface area contributed by atoms with Crippen LogP contribution in [0, 0.1) is 6.92 Å². The molecular weight excluding hydrogens is 324 g/mol. The predicted octanol–water partition coefficient (Wildman–Crippen LogP) is 6.32. The molecule has 0 aliphatic rings. The predicted molar refractivity (Wildman–Crippen MR) is 91.6 cm³/mol. The summed E-state index contributed by atoms with van der Waals surface area (Å²) in [6.45, 7) is 2.09. The van der Waals surface area contributed by atoms with E-state index in [1.807, 2.05) is 18.2 Å². The molecule has 0 spiro atoms. The van der Waals surface area contributed by atoms with Gasteiger partial charge in [0.1, 0.15) is 11.2 Å². The fraction of sp³-hybridized carbons (Fsp3) is 0.0526. The second-order valence-electron chi connectivity index (χ2n) is 5.26. The zero-order valence-corrected chi connectivity index (χ0v) is 13.1. The minimum absolute atomic E-state index is 0.934. The largest absolute Gasteiger partial charge is 0.455 e. The lowest BCUT2D eigenvalue weighted by Gasteiger charge is -2.06. The fourth-order valence-corrected chi connectivity index (χ4v) is 3.50. The van der Waals surface area contributed by atoms with Crippen LogP contribution in [0.3, 0.4) is 0 Å². The van der Waals surface area contributed by atoms with Gasteiger partial charge in [0.25, 0.3) is 0 Å². The van der Waals surface area contributed by atoms with Crippen molar-refractivity contribution in [1.29, 1.82) is 0 Å². The molecule has 0 amide bonds. The Labute approximate surface area is 131 Å². The lowest BCUT2D eigenvalue weighted by atomic mass is 10.0. The third-order valence-electron chi connectivity index (χ3n) is 3.82. The molecule has 1 nitrogen and oxygen atoms in total. The first-order chi connectivity index (χ1) is 10.2. The molecule has 0 radical (unpaired) electrons. The van der Waals surface area contributed by atoms with Crippen molar-refractivity contribution in [2.45, 2.75) is 6.92 Å². The molecule has 0 saturated carbocycles. The van der Waals surface area contributed by atoms with Crippen LogP contribution in [0.15, 0.2) is 69.6 Å². The summed E-state index contributed by atoms with van der Waals surface area (Å²) in [5.74, 6) is 0. The van der Waals surface area contributed by atoms with Gasteiger partial charge >= 0.3 is 0 Å². The Morgan fingerprint density at radius 3 is 2.48 bits per heavy atom. The zero-order chi connectivity index (χ0) is 14.4. The van der Waals surface area contributed by atoms with E-state index in [1.165, 1.54) is 5.56 Å². The molecule has 21 heavy (non-hydrogen) atoms. The third-order valence-corrected chi connectivity index (χ3v) is 4.48. The molecule has 0 fully saturated rings. The molecule has 0 N–H and O–H groups in total. The molecule has 0 bridgehead atoms. The number of benzene rings is 3. The van der Waals surface area contributed by atoms with Crippen LogP contribution in [0.1, 0.15) is 5.56 Å². The van der Waals surface area contributed by atoms with Crippen molar-refractivity contribution in [3.63, 3.8) is 0 Å². The van der Waals surface area contributed by atoms with Crippen molar-refractivity contribution in [2.24, 2.45) is 0 Å². The van der Waals surface area contributed by atoms with E-state index >= 15 is 0 Å². The monoisotopic (exact) mass is 336 g/mol. The molecule has 2 heteroatoms. The van der Waals surface area contributed by atoms with Gasteiger partial charge < -0.3 is 4.42 Å². The topological polar surface area (TPSA) is 13.1 Å². The molecule has 0 unspecified atom stereocenters. The van der Waals surface area contributed by atoms with E-state index in [0.29, 0.717) is 0 Å². The Morgan fingerprint density at radius 2 is 1.62 bits per heavy atom. The summed E-state index contributed by atoms with van der Waals surface area (Å²) in [5.41, 5.74) is 5.40. The van der Waals surface area contributed by atoms with Crippen molar-refractivity contribution in [2.75, 3.05) is 0 Å². The molecule has 0 saturated heterocycles. The van der Waals surface area contributed by atoms with Gasteiger partial charge in [0.2, 0.25) is 0 Å². The number of halogens is 1. The van der Waals surface area contributed by atoms with Gasteiger partial charge in [0.05, 0.1) is 0 Å². The van der Waals surface area contributed by atoms with Gasteiger partial charge in [-0.2, -0.15) is 0 Å². The van der Waals surface area contributed by atoms with Crippen molar-refractivity contribution < 1.29 is 4.42 Å². The van der Waals surface area contributed by atoms with Crippen LogP contribution in [-0.2, 0) is 0 Å². The van der Waals surface area contributed by atoms with Crippen molar-refractivity contribution in [3.05, 3.63) is 70.7 Å². The van der Waals surface area contributed by atoms with E-state index in [1.54, 1.807) is 0 Å². The van der Waals surface area contributed by atoms with E-state index in [9.17, 15) is 0 Å². The normalized spacial score (nSPS) is 11.3. The molecule has 1 aromatic heterocycles. The SMILES string of the molecule is Cc1ccc(-c2cccc3c2oc2ccccc23)c(Br)c1. The summed E-state index contributed by atoms with van der Waals surface area (Å²) < 4.78 is 7.20.